The predicted molar refractivity (Wildman–Crippen MR) is 51.5 cm³/mol. The van der Waals surface area contributed by atoms with E-state index in [0.29, 0.717) is 5.56 Å². The maximum absolute atomic E-state index is 10.5. The monoisotopic (exact) mass is 191 g/mol. The van der Waals surface area contributed by atoms with Crippen molar-refractivity contribution in [1.82, 2.24) is 4.98 Å². The largest absolute Gasteiger partial charge is 0.476 e. The number of aromatic nitrogens is 1. The van der Waals surface area contributed by atoms with E-state index in [1.54, 1.807) is 0 Å². The number of carboxylic acid groups (broad SMARTS) is 1. The third-order valence-electron chi connectivity index (χ3n) is 1.45. The van der Waals surface area contributed by atoms with Gasteiger partial charge in [-0.3, -0.25) is 0 Å². The van der Waals surface area contributed by atoms with E-state index in [2.05, 4.69) is 16.8 Å². The smallest absolute Gasteiger partial charge is 0.356 e. The fourth-order valence-electron chi connectivity index (χ4n) is 0.882. The van der Waals surface area contributed by atoms with Crippen LogP contribution in [0.2, 0.25) is 0 Å². The first-order valence-electron chi connectivity index (χ1n) is 3.83. The van der Waals surface area contributed by atoms with Gasteiger partial charge >= 0.3 is 5.97 Å². The van der Waals surface area contributed by atoms with Gasteiger partial charge in [0.25, 0.3) is 0 Å². The highest BCUT2D eigenvalue weighted by Gasteiger charge is 2.08. The van der Waals surface area contributed by atoms with Crippen molar-refractivity contribution in [3.63, 3.8) is 0 Å². The minimum Gasteiger partial charge on any atom is -0.476 e. The maximum Gasteiger partial charge on any atom is 0.356 e. The summed E-state index contributed by atoms with van der Waals surface area (Å²) in [7, 11) is 0. The van der Waals surface area contributed by atoms with Crippen molar-refractivity contribution < 1.29 is 9.90 Å². The first kappa shape index (κ1) is 10.0. The van der Waals surface area contributed by atoms with E-state index in [4.69, 9.17) is 16.6 Å². The lowest BCUT2D eigenvalue weighted by molar-refractivity contribution is 0.0692. The molecule has 5 heteroatoms. The van der Waals surface area contributed by atoms with E-state index in [-0.39, 0.29) is 17.9 Å². The van der Waals surface area contributed by atoms with Crippen LogP contribution in [-0.2, 0) is 0 Å². The molecular weight excluding hydrogens is 182 g/mol. The number of anilines is 1. The Morgan fingerprint density at radius 3 is 2.86 bits per heavy atom. The van der Waals surface area contributed by atoms with Gasteiger partial charge in [0.2, 0.25) is 0 Å². The van der Waals surface area contributed by atoms with E-state index < -0.39 is 5.97 Å². The number of carboxylic acids is 1. The van der Waals surface area contributed by atoms with Crippen LogP contribution < -0.4 is 11.5 Å². The molecule has 0 radical (unpaired) electrons. The first-order valence-corrected chi connectivity index (χ1v) is 3.83. The van der Waals surface area contributed by atoms with Crippen molar-refractivity contribution >= 4 is 11.7 Å². The second-order valence-corrected chi connectivity index (χ2v) is 2.47. The number of nitrogens with two attached hydrogens (primary N) is 2. The zero-order valence-electron chi connectivity index (χ0n) is 7.32. The van der Waals surface area contributed by atoms with Crippen LogP contribution in [0.4, 0.5) is 5.69 Å². The Morgan fingerprint density at radius 1 is 1.64 bits per heavy atom. The molecule has 0 spiro atoms. The molecule has 1 aromatic rings. The fourth-order valence-corrected chi connectivity index (χ4v) is 0.882. The predicted octanol–water partition coefficient (Wildman–Crippen LogP) is -0.328. The van der Waals surface area contributed by atoms with Gasteiger partial charge in [0.1, 0.15) is 0 Å². The zero-order valence-corrected chi connectivity index (χ0v) is 7.32. The van der Waals surface area contributed by atoms with Crippen LogP contribution >= 0.6 is 0 Å². The molecule has 14 heavy (non-hydrogen) atoms. The van der Waals surface area contributed by atoms with Crippen LogP contribution in [0.25, 0.3) is 0 Å². The third kappa shape index (κ3) is 2.21. The van der Waals surface area contributed by atoms with Crippen molar-refractivity contribution in [2.45, 2.75) is 0 Å². The van der Waals surface area contributed by atoms with Gasteiger partial charge in [0.15, 0.2) is 5.69 Å². The van der Waals surface area contributed by atoms with E-state index in [0.717, 1.165) is 0 Å². The summed E-state index contributed by atoms with van der Waals surface area (Å²) in [6.45, 7) is 0.237. The molecule has 0 amide bonds. The number of rotatable bonds is 1. The van der Waals surface area contributed by atoms with E-state index in [1.165, 1.54) is 12.3 Å². The van der Waals surface area contributed by atoms with Crippen LogP contribution in [-0.4, -0.2) is 22.6 Å². The Bertz CT molecular complexity index is 418. The van der Waals surface area contributed by atoms with Gasteiger partial charge in [-0.1, -0.05) is 11.8 Å². The summed E-state index contributed by atoms with van der Waals surface area (Å²) in [6.07, 6.45) is 1.35. The highest BCUT2D eigenvalue weighted by Crippen LogP contribution is 2.09. The van der Waals surface area contributed by atoms with Crippen LogP contribution in [0.5, 0.6) is 0 Å². The molecular formula is C9H9N3O2. The summed E-state index contributed by atoms with van der Waals surface area (Å²) in [6, 6.07) is 1.46. The molecule has 0 atom stereocenters. The number of hydrogen-bond acceptors (Lipinski definition) is 4. The molecule has 1 aromatic heterocycles. The van der Waals surface area contributed by atoms with Gasteiger partial charge < -0.3 is 16.6 Å². The number of pyridine rings is 1. The molecule has 0 saturated carbocycles. The molecule has 0 aliphatic rings. The summed E-state index contributed by atoms with van der Waals surface area (Å²) in [5, 5.41) is 8.63. The zero-order chi connectivity index (χ0) is 10.6. The number of hydrogen-bond donors (Lipinski definition) is 3. The van der Waals surface area contributed by atoms with Crippen LogP contribution in [0.15, 0.2) is 12.3 Å². The van der Waals surface area contributed by atoms with Gasteiger partial charge in [-0.25, -0.2) is 9.78 Å². The lowest BCUT2D eigenvalue weighted by Crippen LogP contribution is -2.05. The van der Waals surface area contributed by atoms with Gasteiger partial charge in [-0.05, 0) is 6.07 Å². The van der Waals surface area contributed by atoms with E-state index in [9.17, 15) is 4.79 Å². The Balaban J connectivity index is 3.06. The van der Waals surface area contributed by atoms with Crippen molar-refractivity contribution in [1.29, 1.82) is 0 Å². The normalized spacial score (nSPS) is 8.93. The quantitative estimate of drug-likeness (QED) is 0.527. The average Bonchev–Trinajstić information content (AvgIpc) is 2.14. The minimum absolute atomic E-state index is 0.0984. The standard InChI is InChI=1S/C9H9N3O2/c10-3-1-2-6-4-7(11)8(9(13)14)12-5-6/h4-5H,3,10-11H2,(H,13,14). The number of nitrogen functional groups attached to an aromatic ring is 1. The summed E-state index contributed by atoms with van der Waals surface area (Å²) < 4.78 is 0. The lowest BCUT2D eigenvalue weighted by Gasteiger charge is -1.98. The van der Waals surface area contributed by atoms with Gasteiger partial charge in [-0.15, -0.1) is 0 Å². The highest BCUT2D eigenvalue weighted by atomic mass is 16.4. The lowest BCUT2D eigenvalue weighted by atomic mass is 10.2. The van der Waals surface area contributed by atoms with Crippen LogP contribution in [0, 0.1) is 11.8 Å². The molecule has 5 nitrogen and oxygen atoms in total. The van der Waals surface area contributed by atoms with Crippen LogP contribution in [0.1, 0.15) is 16.1 Å². The molecule has 0 saturated heterocycles. The second kappa shape index (κ2) is 4.25. The van der Waals surface area contributed by atoms with E-state index in [1.807, 2.05) is 0 Å². The fraction of sp³-hybridized carbons (Fsp3) is 0.111. The van der Waals surface area contributed by atoms with Crippen molar-refractivity contribution in [3.05, 3.63) is 23.5 Å². The number of carbonyl (C=O) groups is 1. The summed E-state index contributed by atoms with van der Waals surface area (Å²) in [5.74, 6) is 4.16. The molecule has 0 aliphatic carbocycles. The van der Waals surface area contributed by atoms with Crippen LogP contribution in [0.3, 0.4) is 0 Å². The molecule has 1 heterocycles. The Morgan fingerprint density at radius 2 is 2.36 bits per heavy atom. The van der Waals surface area contributed by atoms with Gasteiger partial charge in [0.05, 0.1) is 12.2 Å². The molecule has 1 rings (SSSR count). The minimum atomic E-state index is -1.15. The molecule has 5 N–H and O–H groups in total. The summed E-state index contributed by atoms with van der Waals surface area (Å²) >= 11 is 0. The maximum atomic E-state index is 10.5. The molecule has 72 valence electrons. The summed E-state index contributed by atoms with van der Waals surface area (Å²) in [4.78, 5) is 14.2. The Labute approximate surface area is 80.7 Å². The highest BCUT2D eigenvalue weighted by molar-refractivity contribution is 5.91. The van der Waals surface area contributed by atoms with E-state index >= 15 is 0 Å². The molecule has 0 unspecified atom stereocenters. The SMILES string of the molecule is NCC#Cc1cnc(C(=O)O)c(N)c1. The second-order valence-electron chi connectivity index (χ2n) is 2.47. The first-order chi connectivity index (χ1) is 6.65. The number of aromatic carboxylic acids is 1. The topological polar surface area (TPSA) is 102 Å². The Kier molecular flexibility index (Phi) is 3.05. The molecule has 0 bridgehead atoms. The van der Waals surface area contributed by atoms with Crippen molar-refractivity contribution in [2.75, 3.05) is 12.3 Å². The molecule has 0 aliphatic heterocycles. The van der Waals surface area contributed by atoms with Crippen molar-refractivity contribution in [2.24, 2.45) is 5.73 Å². The third-order valence-corrected chi connectivity index (χ3v) is 1.45. The Hall–Kier alpha value is -2.06. The van der Waals surface area contributed by atoms with Gasteiger partial charge in [-0.2, -0.15) is 0 Å². The van der Waals surface area contributed by atoms with Gasteiger partial charge in [0, 0.05) is 11.8 Å². The number of nitrogens with zero attached hydrogens (tertiary/aromatic N) is 1. The average molecular weight is 191 g/mol. The summed E-state index contributed by atoms with van der Waals surface area (Å²) in [5.41, 5.74) is 11.1. The van der Waals surface area contributed by atoms with Crippen molar-refractivity contribution in [3.8, 4) is 11.8 Å². The molecule has 0 aromatic carbocycles. The molecule has 0 fully saturated rings.